The molecule has 1 rings (SSSR count). The largest absolute Gasteiger partial charge is 0.443 e. The quantitative estimate of drug-likeness (QED) is 0.610. The van der Waals surface area contributed by atoms with E-state index in [-0.39, 0.29) is 12.6 Å². The Hall–Kier alpha value is -2.04. The molecule has 1 amide bonds. The molecule has 0 aliphatic rings. The summed E-state index contributed by atoms with van der Waals surface area (Å²) in [5.74, 6) is 0.0479. The van der Waals surface area contributed by atoms with E-state index in [0.29, 0.717) is 13.0 Å². The molecule has 0 unspecified atom stereocenters. The Balaban J connectivity index is 2.35. The van der Waals surface area contributed by atoms with E-state index in [9.17, 15) is 4.79 Å². The van der Waals surface area contributed by atoms with Gasteiger partial charge >= 0.3 is 6.09 Å². The van der Waals surface area contributed by atoms with Crippen LogP contribution >= 0.6 is 0 Å². The number of guanidine groups is 1. The lowest BCUT2D eigenvalue weighted by Crippen LogP contribution is -2.33. The van der Waals surface area contributed by atoms with Gasteiger partial charge in [0, 0.05) is 6.54 Å². The number of hydrogen-bond donors (Lipinski definition) is 2. The normalized spacial score (nSPS) is 11.0. The minimum absolute atomic E-state index is 0.0479. The number of ether oxygens (including phenoxy) is 1. The van der Waals surface area contributed by atoms with Crippen molar-refractivity contribution in [1.82, 2.24) is 5.32 Å². The van der Waals surface area contributed by atoms with Crippen LogP contribution in [0.4, 0.5) is 4.79 Å². The highest BCUT2D eigenvalue weighted by atomic mass is 16.5. The third kappa shape index (κ3) is 5.55. The van der Waals surface area contributed by atoms with E-state index in [0.717, 1.165) is 5.56 Å². The SMILES string of the molecule is [CH2]CCNC(N)=NC(=O)OCc1ccccc1. The van der Waals surface area contributed by atoms with Crippen LogP contribution in [0.5, 0.6) is 0 Å². The number of carbonyl (C=O) groups is 1. The first-order valence-electron chi connectivity index (χ1n) is 5.30. The molecule has 0 aliphatic heterocycles. The number of rotatable bonds is 4. The molecule has 0 bridgehead atoms. The van der Waals surface area contributed by atoms with Crippen LogP contribution in [0.1, 0.15) is 12.0 Å². The monoisotopic (exact) mass is 234 g/mol. The van der Waals surface area contributed by atoms with Crippen molar-refractivity contribution >= 4 is 12.1 Å². The van der Waals surface area contributed by atoms with Crippen LogP contribution in [0.2, 0.25) is 0 Å². The Morgan fingerprint density at radius 1 is 1.41 bits per heavy atom. The van der Waals surface area contributed by atoms with Gasteiger partial charge in [-0.15, -0.1) is 4.99 Å². The summed E-state index contributed by atoms with van der Waals surface area (Å²) >= 11 is 0. The van der Waals surface area contributed by atoms with Crippen LogP contribution in [0.25, 0.3) is 0 Å². The van der Waals surface area contributed by atoms with Gasteiger partial charge in [-0.2, -0.15) is 0 Å². The number of nitrogens with zero attached hydrogens (tertiary/aromatic N) is 1. The van der Waals surface area contributed by atoms with Crippen molar-refractivity contribution in [3.8, 4) is 0 Å². The van der Waals surface area contributed by atoms with Crippen molar-refractivity contribution < 1.29 is 9.53 Å². The second-order valence-corrected chi connectivity index (χ2v) is 3.32. The van der Waals surface area contributed by atoms with Crippen molar-refractivity contribution in [1.29, 1.82) is 0 Å². The maximum atomic E-state index is 11.2. The predicted molar refractivity (Wildman–Crippen MR) is 66.2 cm³/mol. The van der Waals surface area contributed by atoms with Crippen LogP contribution in [-0.4, -0.2) is 18.6 Å². The molecule has 5 nitrogen and oxygen atoms in total. The molecular formula is C12H16N3O2. The first kappa shape index (κ1) is 13.0. The van der Waals surface area contributed by atoms with Gasteiger partial charge < -0.3 is 15.8 Å². The summed E-state index contributed by atoms with van der Waals surface area (Å²) in [6, 6.07) is 9.36. The molecule has 0 aliphatic carbocycles. The molecule has 0 saturated heterocycles. The van der Waals surface area contributed by atoms with Crippen LogP contribution in [-0.2, 0) is 11.3 Å². The number of carbonyl (C=O) groups excluding carboxylic acids is 1. The van der Waals surface area contributed by atoms with Crippen molar-refractivity contribution in [2.75, 3.05) is 6.54 Å². The zero-order chi connectivity index (χ0) is 12.5. The van der Waals surface area contributed by atoms with Gasteiger partial charge in [0.2, 0.25) is 0 Å². The summed E-state index contributed by atoms with van der Waals surface area (Å²) in [4.78, 5) is 14.8. The molecule has 0 heterocycles. The summed E-state index contributed by atoms with van der Waals surface area (Å²) < 4.78 is 4.92. The molecule has 0 spiro atoms. The van der Waals surface area contributed by atoms with Gasteiger partial charge in [0.1, 0.15) is 6.61 Å². The second kappa shape index (κ2) is 7.27. The van der Waals surface area contributed by atoms with Gasteiger partial charge in [0.05, 0.1) is 0 Å². The Bertz CT molecular complexity index is 377. The van der Waals surface area contributed by atoms with Gasteiger partial charge in [-0.1, -0.05) is 37.3 Å². The fourth-order valence-corrected chi connectivity index (χ4v) is 1.11. The Kier molecular flexibility index (Phi) is 5.57. The van der Waals surface area contributed by atoms with E-state index < -0.39 is 6.09 Å². The zero-order valence-corrected chi connectivity index (χ0v) is 9.56. The Morgan fingerprint density at radius 3 is 2.76 bits per heavy atom. The van der Waals surface area contributed by atoms with Gasteiger partial charge in [0.15, 0.2) is 5.96 Å². The molecule has 3 N–H and O–H groups in total. The number of amides is 1. The standard InChI is InChI=1S/C12H16N3O2/c1-2-8-14-11(13)15-12(16)17-9-10-6-4-3-5-7-10/h3-7H,1-2,8-9H2,(H3,13,14,15,16). The molecular weight excluding hydrogens is 218 g/mol. The molecule has 1 radical (unpaired) electrons. The first-order chi connectivity index (χ1) is 8.22. The van der Waals surface area contributed by atoms with Crippen molar-refractivity contribution in [3.05, 3.63) is 42.8 Å². The smallest absolute Gasteiger partial charge is 0.437 e. The third-order valence-corrected chi connectivity index (χ3v) is 1.90. The van der Waals surface area contributed by atoms with Gasteiger partial charge in [0.25, 0.3) is 0 Å². The highest BCUT2D eigenvalue weighted by molar-refractivity contribution is 5.89. The maximum Gasteiger partial charge on any atom is 0.437 e. The zero-order valence-electron chi connectivity index (χ0n) is 9.56. The lowest BCUT2D eigenvalue weighted by Gasteiger charge is -2.04. The van der Waals surface area contributed by atoms with Gasteiger partial charge in [-0.25, -0.2) is 4.79 Å². The number of benzene rings is 1. The lowest BCUT2D eigenvalue weighted by molar-refractivity contribution is 0.150. The predicted octanol–water partition coefficient (Wildman–Crippen LogP) is 1.45. The molecule has 91 valence electrons. The highest BCUT2D eigenvalue weighted by Gasteiger charge is 2.01. The van der Waals surface area contributed by atoms with E-state index in [4.69, 9.17) is 10.5 Å². The highest BCUT2D eigenvalue weighted by Crippen LogP contribution is 2.01. The summed E-state index contributed by atoms with van der Waals surface area (Å²) in [6.45, 7) is 4.38. The fraction of sp³-hybridized carbons (Fsp3) is 0.250. The topological polar surface area (TPSA) is 76.7 Å². The minimum Gasteiger partial charge on any atom is -0.443 e. The number of hydrogen-bond acceptors (Lipinski definition) is 2. The fourth-order valence-electron chi connectivity index (χ4n) is 1.11. The molecule has 5 heteroatoms. The van der Waals surface area contributed by atoms with Crippen molar-refractivity contribution in [2.24, 2.45) is 10.7 Å². The molecule has 0 atom stereocenters. The molecule has 1 aromatic rings. The number of nitrogens with two attached hydrogens (primary N) is 1. The van der Waals surface area contributed by atoms with E-state index in [1.165, 1.54) is 0 Å². The number of aliphatic imine (C=N–C) groups is 1. The van der Waals surface area contributed by atoms with E-state index in [2.05, 4.69) is 17.2 Å². The Morgan fingerprint density at radius 2 is 2.12 bits per heavy atom. The van der Waals surface area contributed by atoms with Crippen molar-refractivity contribution in [2.45, 2.75) is 13.0 Å². The lowest BCUT2D eigenvalue weighted by atomic mass is 10.2. The van der Waals surface area contributed by atoms with Gasteiger partial charge in [-0.3, -0.25) is 0 Å². The Labute approximate surface area is 101 Å². The van der Waals surface area contributed by atoms with Crippen LogP contribution < -0.4 is 11.1 Å². The molecule has 0 fully saturated rings. The van der Waals surface area contributed by atoms with Crippen molar-refractivity contribution in [3.63, 3.8) is 0 Å². The minimum atomic E-state index is -0.706. The summed E-state index contributed by atoms with van der Waals surface area (Å²) in [5.41, 5.74) is 6.34. The average Bonchev–Trinajstić information content (AvgIpc) is 2.35. The third-order valence-electron chi connectivity index (χ3n) is 1.90. The first-order valence-corrected chi connectivity index (χ1v) is 5.30. The summed E-state index contributed by atoms with van der Waals surface area (Å²) in [5, 5.41) is 2.73. The molecule has 0 aromatic heterocycles. The van der Waals surface area contributed by atoms with Gasteiger partial charge in [-0.05, 0) is 12.0 Å². The van der Waals surface area contributed by atoms with E-state index in [1.807, 2.05) is 30.3 Å². The van der Waals surface area contributed by atoms with E-state index >= 15 is 0 Å². The molecule has 0 saturated carbocycles. The maximum absolute atomic E-state index is 11.2. The second-order valence-electron chi connectivity index (χ2n) is 3.32. The summed E-state index contributed by atoms with van der Waals surface area (Å²) in [7, 11) is 0. The summed E-state index contributed by atoms with van der Waals surface area (Å²) in [6.07, 6.45) is -0.0436. The molecule has 17 heavy (non-hydrogen) atoms. The van der Waals surface area contributed by atoms with Crippen LogP contribution in [0, 0.1) is 6.92 Å². The number of nitrogens with one attached hydrogen (secondary N) is 1. The van der Waals surface area contributed by atoms with Crippen LogP contribution in [0.15, 0.2) is 35.3 Å². The average molecular weight is 234 g/mol. The van der Waals surface area contributed by atoms with E-state index in [1.54, 1.807) is 0 Å². The van der Waals surface area contributed by atoms with Crippen LogP contribution in [0.3, 0.4) is 0 Å². The molecule has 1 aromatic carbocycles.